The lowest BCUT2D eigenvalue weighted by atomic mass is 10.0. The molecule has 0 fully saturated rings. The van der Waals surface area contributed by atoms with Crippen LogP contribution in [0, 0.1) is 0 Å². The minimum absolute atomic E-state index is 0.280. The average Bonchev–Trinajstić information content (AvgIpc) is 2.62. The fourth-order valence-electron chi connectivity index (χ4n) is 3.09. The summed E-state index contributed by atoms with van der Waals surface area (Å²) in [4.78, 5) is 10.3. The molecule has 1 aromatic rings. The maximum Gasteiger partial charge on any atom is 0.374 e. The zero-order valence-corrected chi connectivity index (χ0v) is 15.8. The van der Waals surface area contributed by atoms with Crippen LogP contribution in [0.2, 0.25) is 0 Å². The van der Waals surface area contributed by atoms with Gasteiger partial charge in [-0.15, -0.1) is 0 Å². The van der Waals surface area contributed by atoms with Crippen molar-refractivity contribution in [2.24, 2.45) is 0 Å². The Morgan fingerprint density at radius 1 is 0.923 bits per heavy atom. The van der Waals surface area contributed by atoms with Gasteiger partial charge in [0.25, 0.3) is 0 Å². The van der Waals surface area contributed by atoms with Gasteiger partial charge in [-0.25, -0.2) is 4.79 Å². The van der Waals surface area contributed by atoms with Crippen LogP contribution in [0.1, 0.15) is 76.2 Å². The van der Waals surface area contributed by atoms with Crippen molar-refractivity contribution >= 4 is 5.97 Å². The third kappa shape index (κ3) is 9.16. The quantitative estimate of drug-likeness (QED) is 0.371. The predicted octanol–water partition coefficient (Wildman–Crippen LogP) is 6.25. The van der Waals surface area contributed by atoms with Gasteiger partial charge in [-0.3, -0.25) is 0 Å². The Morgan fingerprint density at radius 2 is 1.42 bits per heavy atom. The van der Waals surface area contributed by atoms with Gasteiger partial charge in [-0.1, -0.05) is 69.6 Å². The Labute approximate surface area is 155 Å². The fraction of sp³-hybridized carbons (Fsp3) is 0.667. The van der Waals surface area contributed by atoms with Gasteiger partial charge in [0.05, 0.1) is 7.11 Å². The molecule has 1 rings (SSSR count). The van der Waals surface area contributed by atoms with Crippen molar-refractivity contribution in [3.05, 3.63) is 29.8 Å². The summed E-state index contributed by atoms with van der Waals surface area (Å²) >= 11 is 0. The number of halogens is 2. The number of aryl methyl sites for hydroxylation is 1. The van der Waals surface area contributed by atoms with Crippen LogP contribution >= 0.6 is 0 Å². The molecular weight excluding hydrogens is 338 g/mol. The van der Waals surface area contributed by atoms with Gasteiger partial charge in [-0.2, -0.15) is 8.78 Å². The van der Waals surface area contributed by atoms with Crippen molar-refractivity contribution in [3.63, 3.8) is 0 Å². The molecule has 1 N–H and O–H groups in total. The zero-order chi connectivity index (χ0) is 19.3. The maximum atomic E-state index is 12.9. The van der Waals surface area contributed by atoms with E-state index in [9.17, 15) is 13.6 Å². The number of unbranched alkanes of at least 4 members (excludes halogenated alkanes) is 9. The fourth-order valence-corrected chi connectivity index (χ4v) is 3.09. The highest BCUT2D eigenvalue weighted by molar-refractivity contribution is 5.75. The molecule has 3 nitrogen and oxygen atoms in total. The van der Waals surface area contributed by atoms with E-state index in [-0.39, 0.29) is 6.42 Å². The number of carboxylic acid groups (broad SMARTS) is 1. The van der Waals surface area contributed by atoms with Crippen molar-refractivity contribution in [1.29, 1.82) is 0 Å². The highest BCUT2D eigenvalue weighted by atomic mass is 19.3. The third-order valence-corrected chi connectivity index (χ3v) is 4.69. The van der Waals surface area contributed by atoms with Crippen LogP contribution in [-0.2, 0) is 11.2 Å². The number of methoxy groups -OCH3 is 1. The molecule has 0 saturated carbocycles. The summed E-state index contributed by atoms with van der Waals surface area (Å²) < 4.78 is 31.1. The number of benzene rings is 1. The number of carboxylic acids is 1. The van der Waals surface area contributed by atoms with Crippen molar-refractivity contribution in [2.45, 2.75) is 83.0 Å². The SMILES string of the molecule is COc1ccccc1CCCCCCCCCCCCC(F)(F)C(=O)O. The second-order valence-electron chi connectivity index (χ2n) is 6.86. The molecule has 0 atom stereocenters. The van der Waals surface area contributed by atoms with E-state index < -0.39 is 18.3 Å². The van der Waals surface area contributed by atoms with E-state index in [1.165, 1.54) is 31.2 Å². The molecular formula is C21H32F2O3. The van der Waals surface area contributed by atoms with Gasteiger partial charge in [0.2, 0.25) is 0 Å². The summed E-state index contributed by atoms with van der Waals surface area (Å²) in [6.07, 6.45) is 10.5. The molecule has 0 aliphatic carbocycles. The van der Waals surface area contributed by atoms with Crippen LogP contribution in [-0.4, -0.2) is 24.1 Å². The first kappa shape index (κ1) is 22.4. The first-order chi connectivity index (χ1) is 12.5. The molecule has 0 aromatic heterocycles. The number of alkyl halides is 2. The first-order valence-corrected chi connectivity index (χ1v) is 9.70. The second-order valence-corrected chi connectivity index (χ2v) is 6.86. The summed E-state index contributed by atoms with van der Waals surface area (Å²) in [5.74, 6) is -4.61. The second kappa shape index (κ2) is 12.7. The molecule has 0 aliphatic rings. The Bertz CT molecular complexity index is 518. The summed E-state index contributed by atoms with van der Waals surface area (Å²) in [5.41, 5.74) is 1.27. The van der Waals surface area contributed by atoms with Crippen molar-refractivity contribution in [3.8, 4) is 5.75 Å². The first-order valence-electron chi connectivity index (χ1n) is 9.70. The Kier molecular flexibility index (Phi) is 10.9. The minimum Gasteiger partial charge on any atom is -0.496 e. The molecule has 26 heavy (non-hydrogen) atoms. The highest BCUT2D eigenvalue weighted by Gasteiger charge is 2.37. The zero-order valence-electron chi connectivity index (χ0n) is 15.8. The standard InChI is InChI=1S/C21H32F2O3/c1-26-19-16-12-11-15-18(19)14-10-8-6-4-2-3-5-7-9-13-17-21(22,23)20(24)25/h11-12,15-16H,2-10,13-14,17H2,1H3,(H,24,25). The van der Waals surface area contributed by atoms with E-state index in [1.807, 2.05) is 18.2 Å². The van der Waals surface area contributed by atoms with E-state index in [1.54, 1.807) is 7.11 Å². The summed E-state index contributed by atoms with van der Waals surface area (Å²) in [6, 6.07) is 8.14. The molecule has 0 heterocycles. The number of hydrogen-bond acceptors (Lipinski definition) is 2. The minimum atomic E-state index is -3.57. The summed E-state index contributed by atoms with van der Waals surface area (Å²) in [7, 11) is 1.70. The Hall–Kier alpha value is -1.65. The van der Waals surface area contributed by atoms with Crippen LogP contribution in [0.3, 0.4) is 0 Å². The van der Waals surface area contributed by atoms with Gasteiger partial charge >= 0.3 is 11.9 Å². The molecule has 0 saturated heterocycles. The lowest BCUT2D eigenvalue weighted by Gasteiger charge is -2.10. The van der Waals surface area contributed by atoms with E-state index in [2.05, 4.69) is 6.07 Å². The predicted molar refractivity (Wildman–Crippen MR) is 100 cm³/mol. The van der Waals surface area contributed by atoms with Gasteiger partial charge in [0.15, 0.2) is 0 Å². The van der Waals surface area contributed by atoms with Crippen LogP contribution in [0.25, 0.3) is 0 Å². The maximum absolute atomic E-state index is 12.9. The van der Waals surface area contributed by atoms with Crippen molar-refractivity contribution in [2.75, 3.05) is 7.11 Å². The van der Waals surface area contributed by atoms with E-state index in [0.717, 1.165) is 37.9 Å². The van der Waals surface area contributed by atoms with Crippen LogP contribution in [0.5, 0.6) is 5.75 Å². The van der Waals surface area contributed by atoms with E-state index >= 15 is 0 Å². The number of rotatable bonds is 15. The molecule has 148 valence electrons. The normalized spacial score (nSPS) is 11.5. The van der Waals surface area contributed by atoms with E-state index in [0.29, 0.717) is 6.42 Å². The molecule has 0 radical (unpaired) electrons. The molecule has 0 amide bonds. The number of carbonyl (C=O) groups is 1. The molecule has 5 heteroatoms. The van der Waals surface area contributed by atoms with Crippen molar-refractivity contribution in [1.82, 2.24) is 0 Å². The lowest BCUT2D eigenvalue weighted by Crippen LogP contribution is -2.27. The monoisotopic (exact) mass is 370 g/mol. The van der Waals surface area contributed by atoms with E-state index in [4.69, 9.17) is 9.84 Å². The summed E-state index contributed by atoms with van der Waals surface area (Å²) in [5, 5.41) is 8.34. The topological polar surface area (TPSA) is 46.5 Å². The molecule has 1 aromatic carbocycles. The van der Waals surface area contributed by atoms with Gasteiger partial charge < -0.3 is 9.84 Å². The Balaban J connectivity index is 1.92. The molecule has 0 bridgehead atoms. The smallest absolute Gasteiger partial charge is 0.374 e. The average molecular weight is 370 g/mol. The number of ether oxygens (including phenoxy) is 1. The number of para-hydroxylation sites is 1. The summed E-state index contributed by atoms with van der Waals surface area (Å²) in [6.45, 7) is 0. The third-order valence-electron chi connectivity index (χ3n) is 4.69. The molecule has 0 spiro atoms. The van der Waals surface area contributed by atoms with Gasteiger partial charge in [-0.05, 0) is 30.9 Å². The number of aliphatic carboxylic acids is 1. The van der Waals surface area contributed by atoms with Crippen LogP contribution in [0.15, 0.2) is 24.3 Å². The molecule has 0 unspecified atom stereocenters. The van der Waals surface area contributed by atoms with Crippen molar-refractivity contribution < 1.29 is 23.4 Å². The lowest BCUT2D eigenvalue weighted by molar-refractivity contribution is -0.165. The van der Waals surface area contributed by atoms with Crippen LogP contribution < -0.4 is 4.74 Å². The van der Waals surface area contributed by atoms with Crippen LogP contribution in [0.4, 0.5) is 8.78 Å². The van der Waals surface area contributed by atoms with Gasteiger partial charge in [0, 0.05) is 6.42 Å². The Morgan fingerprint density at radius 3 is 1.96 bits per heavy atom. The largest absolute Gasteiger partial charge is 0.496 e. The number of hydrogen-bond donors (Lipinski definition) is 1. The van der Waals surface area contributed by atoms with Gasteiger partial charge in [0.1, 0.15) is 5.75 Å². The highest BCUT2D eigenvalue weighted by Crippen LogP contribution is 2.23. The molecule has 0 aliphatic heterocycles.